The highest BCUT2D eigenvalue weighted by Crippen LogP contribution is 2.58. The largest absolute Gasteiger partial charge is 0.309 e. The first-order chi connectivity index (χ1) is 31.3. The van der Waals surface area contributed by atoms with Crippen LogP contribution in [-0.4, -0.2) is 19.5 Å². The number of para-hydroxylation sites is 3. The number of benzene rings is 9. The number of hydrogen-bond acceptors (Lipinski definition) is 3. The molecule has 2 atom stereocenters. The zero-order chi connectivity index (χ0) is 41.5. The van der Waals surface area contributed by atoms with Crippen LogP contribution in [0, 0.1) is 0 Å². The predicted octanol–water partition coefficient (Wildman–Crippen LogP) is 12.4. The van der Waals surface area contributed by atoms with Gasteiger partial charge in [0.15, 0.2) is 17.5 Å². The van der Waals surface area contributed by atoms with Crippen molar-refractivity contribution in [3.8, 4) is 51.0 Å². The quantitative estimate of drug-likeness (QED) is 0.162. The van der Waals surface area contributed by atoms with E-state index in [2.05, 4.69) is 205 Å². The molecular formula is C58H37N4P. The Morgan fingerprint density at radius 1 is 0.349 bits per heavy atom. The zero-order valence-corrected chi connectivity index (χ0v) is 35.0. The second-order valence-electron chi connectivity index (χ2n) is 16.4. The van der Waals surface area contributed by atoms with Crippen molar-refractivity contribution in [3.05, 3.63) is 247 Å². The van der Waals surface area contributed by atoms with Crippen LogP contribution < -0.4 is 15.9 Å². The number of hydrogen-bond donors (Lipinski definition) is 0. The van der Waals surface area contributed by atoms with Gasteiger partial charge in [-0.3, -0.25) is 0 Å². The summed E-state index contributed by atoms with van der Waals surface area (Å²) in [6.07, 6.45) is 0. The molecule has 0 saturated carbocycles. The molecule has 0 bridgehead atoms. The Morgan fingerprint density at radius 2 is 0.857 bits per heavy atom. The minimum absolute atomic E-state index is 0.599. The summed E-state index contributed by atoms with van der Waals surface area (Å²) in [5, 5.41) is 6.51. The van der Waals surface area contributed by atoms with Crippen LogP contribution >= 0.6 is 7.92 Å². The Morgan fingerprint density at radius 3 is 1.62 bits per heavy atom. The van der Waals surface area contributed by atoms with Crippen LogP contribution in [-0.2, 0) is 5.41 Å². The first-order valence-corrected chi connectivity index (χ1v) is 22.8. The van der Waals surface area contributed by atoms with E-state index in [1.54, 1.807) is 0 Å². The number of nitrogens with zero attached hydrogens (tertiary/aromatic N) is 4. The van der Waals surface area contributed by atoms with Gasteiger partial charge in [0, 0.05) is 27.5 Å². The standard InChI is InChI=1S/C58H37N4P/c1-4-17-38(18-5-1)39-31-33-41(34-32-39)56-59-55(40-19-6-2-7-20-40)60-57(61-56)42-35-36-48-53(37-42)63(43-21-8-3-9-22-43)52-30-15-12-26-47(52)58(48)46-25-11-14-29-51(46)62-50-28-13-10-23-44(50)45-24-16-27-49(58)54(45)62/h1-37H/t58?,63-/m1/s1. The SMILES string of the molecule is c1ccc(-c2ccc(-c3nc(-c4ccccc4)nc(-c4ccc5c(c4)[P@](c4ccccc4)c4ccccc4C54c5ccccc5-n5c6ccccc6c6cccc4c65)n3)cc2)cc1. The van der Waals surface area contributed by atoms with E-state index in [1.165, 1.54) is 71.2 Å². The van der Waals surface area contributed by atoms with Crippen molar-refractivity contribution in [2.45, 2.75) is 5.41 Å². The topological polar surface area (TPSA) is 43.6 Å². The third kappa shape index (κ3) is 5.35. The minimum Gasteiger partial charge on any atom is -0.309 e. The molecule has 0 saturated heterocycles. The van der Waals surface area contributed by atoms with Crippen molar-refractivity contribution in [2.24, 2.45) is 0 Å². The fourth-order valence-corrected chi connectivity index (χ4v) is 13.1. The molecule has 13 rings (SSSR count). The van der Waals surface area contributed by atoms with E-state index in [4.69, 9.17) is 15.0 Å². The lowest BCUT2D eigenvalue weighted by molar-refractivity contribution is 0.734. The lowest BCUT2D eigenvalue weighted by Gasteiger charge is -2.47. The van der Waals surface area contributed by atoms with Crippen molar-refractivity contribution in [1.82, 2.24) is 19.5 Å². The highest BCUT2D eigenvalue weighted by molar-refractivity contribution is 7.80. The average Bonchev–Trinajstić information content (AvgIpc) is 3.71. The van der Waals surface area contributed by atoms with Gasteiger partial charge in [0.25, 0.3) is 0 Å². The van der Waals surface area contributed by atoms with Gasteiger partial charge in [-0.1, -0.05) is 206 Å². The Kier molecular flexibility index (Phi) is 8.06. The van der Waals surface area contributed by atoms with Gasteiger partial charge in [0.2, 0.25) is 0 Å². The van der Waals surface area contributed by atoms with E-state index in [-0.39, 0.29) is 0 Å². The number of aromatic nitrogens is 4. The van der Waals surface area contributed by atoms with E-state index in [1.807, 2.05) is 24.3 Å². The van der Waals surface area contributed by atoms with Gasteiger partial charge >= 0.3 is 0 Å². The summed E-state index contributed by atoms with van der Waals surface area (Å²) in [6, 6.07) is 81.5. The molecule has 63 heavy (non-hydrogen) atoms. The van der Waals surface area contributed by atoms with Gasteiger partial charge in [-0.25, -0.2) is 15.0 Å². The summed E-state index contributed by atoms with van der Waals surface area (Å²) >= 11 is 0. The Balaban J connectivity index is 1.09. The molecule has 0 radical (unpaired) electrons. The van der Waals surface area contributed by atoms with Gasteiger partial charge in [-0.15, -0.1) is 0 Å². The van der Waals surface area contributed by atoms with Crippen LogP contribution in [0.5, 0.6) is 0 Å². The summed E-state index contributed by atoms with van der Waals surface area (Å²) in [7, 11) is -0.998. The molecule has 11 aromatic rings. The van der Waals surface area contributed by atoms with Crippen LogP contribution in [0.1, 0.15) is 22.3 Å². The van der Waals surface area contributed by atoms with Crippen LogP contribution in [0.15, 0.2) is 224 Å². The minimum atomic E-state index is -0.998. The normalized spacial score (nSPS) is 15.8. The maximum absolute atomic E-state index is 5.30. The second kappa shape index (κ2) is 14.1. The molecule has 0 amide bonds. The Labute approximate surface area is 366 Å². The molecule has 4 nitrogen and oxygen atoms in total. The molecule has 2 aliphatic heterocycles. The summed E-state index contributed by atoms with van der Waals surface area (Å²) in [6.45, 7) is 0. The zero-order valence-electron chi connectivity index (χ0n) is 34.1. The molecule has 5 heteroatoms. The van der Waals surface area contributed by atoms with Crippen molar-refractivity contribution in [1.29, 1.82) is 0 Å². The predicted molar refractivity (Wildman–Crippen MR) is 260 cm³/mol. The molecule has 2 aliphatic rings. The molecule has 1 unspecified atom stereocenters. The lowest BCUT2D eigenvalue weighted by atomic mass is 9.62. The van der Waals surface area contributed by atoms with Crippen LogP contribution in [0.2, 0.25) is 0 Å². The maximum atomic E-state index is 5.30. The van der Waals surface area contributed by atoms with Crippen LogP contribution in [0.25, 0.3) is 72.8 Å². The van der Waals surface area contributed by atoms with Crippen molar-refractivity contribution in [3.63, 3.8) is 0 Å². The van der Waals surface area contributed by atoms with Crippen molar-refractivity contribution in [2.75, 3.05) is 0 Å². The van der Waals surface area contributed by atoms with E-state index in [9.17, 15) is 0 Å². The molecular weight excluding hydrogens is 784 g/mol. The molecule has 1 spiro atoms. The number of fused-ring (bicyclic) bond motifs is 11. The third-order valence-corrected chi connectivity index (χ3v) is 15.6. The van der Waals surface area contributed by atoms with E-state index in [0.29, 0.717) is 17.5 Å². The van der Waals surface area contributed by atoms with Crippen molar-refractivity contribution >= 4 is 45.6 Å². The molecule has 9 aromatic carbocycles. The lowest BCUT2D eigenvalue weighted by Crippen LogP contribution is -2.47. The smallest absolute Gasteiger partial charge is 0.164 e. The number of rotatable bonds is 5. The summed E-state index contributed by atoms with van der Waals surface area (Å²) < 4.78 is 2.51. The van der Waals surface area contributed by atoms with Gasteiger partial charge < -0.3 is 4.57 Å². The molecule has 0 fully saturated rings. The molecule has 294 valence electrons. The van der Waals surface area contributed by atoms with Gasteiger partial charge in [0.05, 0.1) is 22.1 Å². The van der Waals surface area contributed by atoms with E-state index >= 15 is 0 Å². The molecule has 2 aromatic heterocycles. The fourth-order valence-electron chi connectivity index (χ4n) is 10.4. The van der Waals surface area contributed by atoms with Crippen molar-refractivity contribution < 1.29 is 0 Å². The Hall–Kier alpha value is -7.78. The van der Waals surface area contributed by atoms with Gasteiger partial charge in [-0.05, 0) is 75.4 Å². The van der Waals surface area contributed by atoms with E-state index in [0.717, 1.165) is 22.3 Å². The average molecular weight is 821 g/mol. The van der Waals surface area contributed by atoms with Gasteiger partial charge in [-0.2, -0.15) is 0 Å². The van der Waals surface area contributed by atoms with Crippen LogP contribution in [0.3, 0.4) is 0 Å². The summed E-state index contributed by atoms with van der Waals surface area (Å²) in [5.74, 6) is 1.94. The summed E-state index contributed by atoms with van der Waals surface area (Å²) in [4.78, 5) is 15.7. The first-order valence-electron chi connectivity index (χ1n) is 21.5. The molecule has 4 heterocycles. The fraction of sp³-hybridized carbons (Fsp3) is 0.0172. The Bertz CT molecular complexity index is 3570. The highest BCUT2D eigenvalue weighted by atomic mass is 31.1. The molecule has 0 aliphatic carbocycles. The summed E-state index contributed by atoms with van der Waals surface area (Å²) in [5.41, 5.74) is 13.5. The second-order valence-corrected chi connectivity index (χ2v) is 18.5. The monoisotopic (exact) mass is 820 g/mol. The maximum Gasteiger partial charge on any atom is 0.164 e. The van der Waals surface area contributed by atoms with Crippen LogP contribution in [0.4, 0.5) is 0 Å². The first kappa shape index (κ1) is 35.9. The van der Waals surface area contributed by atoms with Gasteiger partial charge in [0.1, 0.15) is 0 Å². The third-order valence-electron chi connectivity index (χ3n) is 13.0. The molecule has 0 N–H and O–H groups in total. The van der Waals surface area contributed by atoms with E-state index < -0.39 is 13.3 Å². The highest BCUT2D eigenvalue weighted by Gasteiger charge is 2.51.